The van der Waals surface area contributed by atoms with Gasteiger partial charge in [-0.1, -0.05) is 18.2 Å². The van der Waals surface area contributed by atoms with Gasteiger partial charge in [0.25, 0.3) is 0 Å². The van der Waals surface area contributed by atoms with E-state index in [0.717, 1.165) is 51.1 Å². The predicted molar refractivity (Wildman–Crippen MR) is 105 cm³/mol. The molecule has 3 rings (SSSR count). The fourth-order valence-corrected chi connectivity index (χ4v) is 4.14. The van der Waals surface area contributed by atoms with E-state index in [-0.39, 0.29) is 17.7 Å². The van der Waals surface area contributed by atoms with Crippen molar-refractivity contribution in [1.82, 2.24) is 15.1 Å². The van der Waals surface area contributed by atoms with Crippen LogP contribution in [0.1, 0.15) is 32.1 Å². The van der Waals surface area contributed by atoms with Gasteiger partial charge in [0.2, 0.25) is 11.8 Å². The van der Waals surface area contributed by atoms with Gasteiger partial charge in [0.15, 0.2) is 0 Å². The molecule has 6 nitrogen and oxygen atoms in total. The Labute approximate surface area is 161 Å². The molecule has 1 aromatic rings. The second-order valence-electron chi connectivity index (χ2n) is 7.48. The Morgan fingerprint density at radius 3 is 2.70 bits per heavy atom. The number of para-hydroxylation sites is 1. The molecule has 2 heterocycles. The number of piperidine rings is 1. The Balaban J connectivity index is 1.48. The molecule has 2 atom stereocenters. The van der Waals surface area contributed by atoms with Gasteiger partial charge in [0.05, 0.1) is 18.9 Å². The highest BCUT2D eigenvalue weighted by molar-refractivity contribution is 5.82. The molecule has 0 bridgehead atoms. The van der Waals surface area contributed by atoms with Gasteiger partial charge >= 0.3 is 0 Å². The number of carbonyl (C=O) groups is 2. The van der Waals surface area contributed by atoms with Crippen LogP contribution in [0, 0.1) is 5.92 Å². The minimum absolute atomic E-state index is 0.0600. The fraction of sp³-hybridized carbons (Fsp3) is 0.619. The summed E-state index contributed by atoms with van der Waals surface area (Å²) >= 11 is 0. The number of nitrogens with zero attached hydrogens (tertiary/aromatic N) is 2. The Morgan fingerprint density at radius 1 is 1.15 bits per heavy atom. The normalized spacial score (nSPS) is 22.7. The van der Waals surface area contributed by atoms with Crippen molar-refractivity contribution in [2.75, 3.05) is 39.8 Å². The van der Waals surface area contributed by atoms with Crippen molar-refractivity contribution in [2.45, 2.75) is 38.1 Å². The van der Waals surface area contributed by atoms with Crippen molar-refractivity contribution in [3.8, 4) is 5.75 Å². The lowest BCUT2D eigenvalue weighted by molar-refractivity contribution is -0.141. The van der Waals surface area contributed by atoms with Crippen LogP contribution in [-0.2, 0) is 9.59 Å². The second kappa shape index (κ2) is 9.74. The van der Waals surface area contributed by atoms with Crippen LogP contribution in [0.25, 0.3) is 0 Å². The van der Waals surface area contributed by atoms with Crippen molar-refractivity contribution in [3.05, 3.63) is 30.3 Å². The first-order valence-corrected chi connectivity index (χ1v) is 10.1. The quantitative estimate of drug-likeness (QED) is 0.793. The van der Waals surface area contributed by atoms with E-state index >= 15 is 0 Å². The topological polar surface area (TPSA) is 61.9 Å². The molecule has 2 aliphatic rings. The van der Waals surface area contributed by atoms with Crippen LogP contribution in [0.2, 0.25) is 0 Å². The number of nitrogens with one attached hydrogen (secondary N) is 1. The van der Waals surface area contributed by atoms with Gasteiger partial charge < -0.3 is 19.9 Å². The molecular weight excluding hydrogens is 342 g/mol. The summed E-state index contributed by atoms with van der Waals surface area (Å²) < 4.78 is 5.63. The summed E-state index contributed by atoms with van der Waals surface area (Å²) in [5.41, 5.74) is 0. The third kappa shape index (κ3) is 5.22. The number of hydrogen-bond donors (Lipinski definition) is 1. The maximum absolute atomic E-state index is 13.0. The molecule has 27 heavy (non-hydrogen) atoms. The molecule has 0 aliphatic carbocycles. The minimum atomic E-state index is -0.0600. The highest BCUT2D eigenvalue weighted by Crippen LogP contribution is 2.25. The van der Waals surface area contributed by atoms with E-state index in [2.05, 4.69) is 5.32 Å². The fourth-order valence-electron chi connectivity index (χ4n) is 4.14. The third-order valence-corrected chi connectivity index (χ3v) is 5.55. The summed E-state index contributed by atoms with van der Waals surface area (Å²) in [5, 5.41) is 3.19. The van der Waals surface area contributed by atoms with Crippen LogP contribution in [0.3, 0.4) is 0 Å². The molecule has 1 aromatic carbocycles. The first-order valence-electron chi connectivity index (χ1n) is 10.1. The number of hydrogen-bond acceptors (Lipinski definition) is 4. The molecule has 0 saturated carbocycles. The van der Waals surface area contributed by atoms with E-state index in [0.29, 0.717) is 25.6 Å². The van der Waals surface area contributed by atoms with E-state index in [4.69, 9.17) is 4.74 Å². The summed E-state index contributed by atoms with van der Waals surface area (Å²) in [6, 6.07) is 9.84. The molecule has 0 spiro atoms. The molecule has 2 amide bonds. The van der Waals surface area contributed by atoms with E-state index in [9.17, 15) is 9.59 Å². The van der Waals surface area contributed by atoms with Crippen molar-refractivity contribution in [1.29, 1.82) is 0 Å². The van der Waals surface area contributed by atoms with Crippen molar-refractivity contribution >= 4 is 11.8 Å². The smallest absolute Gasteiger partial charge is 0.227 e. The summed E-state index contributed by atoms with van der Waals surface area (Å²) in [7, 11) is 1.93. The number of carbonyl (C=O) groups excluding carboxylic acids is 2. The zero-order valence-electron chi connectivity index (χ0n) is 16.2. The number of benzene rings is 1. The highest BCUT2D eigenvalue weighted by Gasteiger charge is 2.35. The average molecular weight is 373 g/mol. The molecule has 0 aromatic heterocycles. The summed E-state index contributed by atoms with van der Waals surface area (Å²) in [6.07, 6.45) is 4.27. The Morgan fingerprint density at radius 2 is 1.93 bits per heavy atom. The summed E-state index contributed by atoms with van der Waals surface area (Å²) in [4.78, 5) is 29.4. The molecule has 6 heteroatoms. The number of likely N-dealkylation sites (N-methyl/N-ethyl adjacent to an activating group) is 1. The molecular formula is C21H31N3O3. The number of ether oxygens (including phenoxy) is 1. The Hall–Kier alpha value is -2.08. The summed E-state index contributed by atoms with van der Waals surface area (Å²) in [5.74, 6) is 1.03. The average Bonchev–Trinajstić information content (AvgIpc) is 3.17. The van der Waals surface area contributed by atoms with Crippen LogP contribution in [-0.4, -0.2) is 67.5 Å². The Kier molecular flexibility index (Phi) is 7.10. The van der Waals surface area contributed by atoms with E-state index in [1.807, 2.05) is 47.2 Å². The van der Waals surface area contributed by atoms with Gasteiger partial charge in [-0.15, -0.1) is 0 Å². The molecule has 0 radical (unpaired) electrons. The number of amides is 2. The van der Waals surface area contributed by atoms with Crippen molar-refractivity contribution < 1.29 is 14.3 Å². The van der Waals surface area contributed by atoms with Gasteiger partial charge in [-0.3, -0.25) is 9.59 Å². The molecule has 2 saturated heterocycles. The molecule has 2 unspecified atom stereocenters. The molecule has 148 valence electrons. The predicted octanol–water partition coefficient (Wildman–Crippen LogP) is 1.90. The number of likely N-dealkylation sites (tertiary alicyclic amines) is 2. The largest absolute Gasteiger partial charge is 0.493 e. The maximum atomic E-state index is 13.0. The van der Waals surface area contributed by atoms with Crippen LogP contribution >= 0.6 is 0 Å². The number of rotatable bonds is 7. The van der Waals surface area contributed by atoms with Crippen LogP contribution in [0.5, 0.6) is 5.75 Å². The van der Waals surface area contributed by atoms with Gasteiger partial charge in [0, 0.05) is 32.2 Å². The SMILES string of the molecule is CNCC1CCCN1C(=O)C1CCCN(C(=O)CCOc2ccccc2)C1. The Bertz CT molecular complexity index is 622. The van der Waals surface area contributed by atoms with E-state index in [1.165, 1.54) is 0 Å². The van der Waals surface area contributed by atoms with E-state index in [1.54, 1.807) is 0 Å². The van der Waals surface area contributed by atoms with Gasteiger partial charge in [-0.05, 0) is 44.9 Å². The second-order valence-corrected chi connectivity index (χ2v) is 7.48. The third-order valence-electron chi connectivity index (χ3n) is 5.55. The van der Waals surface area contributed by atoms with Crippen LogP contribution in [0.15, 0.2) is 30.3 Å². The zero-order chi connectivity index (χ0) is 19.1. The standard InChI is InChI=1S/C21H31N3O3/c1-22-15-18-8-6-13-24(18)21(26)17-7-5-12-23(16-17)20(25)11-14-27-19-9-3-2-4-10-19/h2-4,9-10,17-18,22H,5-8,11-16H2,1H3. The minimum Gasteiger partial charge on any atom is -0.493 e. The lowest BCUT2D eigenvalue weighted by atomic mass is 9.96. The monoisotopic (exact) mass is 373 g/mol. The first-order chi connectivity index (χ1) is 13.2. The van der Waals surface area contributed by atoms with Gasteiger partial charge in [0.1, 0.15) is 5.75 Å². The van der Waals surface area contributed by atoms with Gasteiger partial charge in [-0.2, -0.15) is 0 Å². The zero-order valence-corrected chi connectivity index (χ0v) is 16.2. The van der Waals surface area contributed by atoms with Crippen LogP contribution in [0.4, 0.5) is 0 Å². The molecule has 2 fully saturated rings. The molecule has 1 N–H and O–H groups in total. The van der Waals surface area contributed by atoms with Gasteiger partial charge in [-0.25, -0.2) is 0 Å². The molecule has 2 aliphatic heterocycles. The first kappa shape index (κ1) is 19.7. The van der Waals surface area contributed by atoms with E-state index < -0.39 is 0 Å². The van der Waals surface area contributed by atoms with Crippen molar-refractivity contribution in [3.63, 3.8) is 0 Å². The van der Waals surface area contributed by atoms with Crippen LogP contribution < -0.4 is 10.1 Å². The summed E-state index contributed by atoms with van der Waals surface area (Å²) in [6.45, 7) is 3.35. The van der Waals surface area contributed by atoms with Crippen molar-refractivity contribution in [2.24, 2.45) is 5.92 Å². The lowest BCUT2D eigenvalue weighted by Gasteiger charge is -2.35. The lowest BCUT2D eigenvalue weighted by Crippen LogP contribution is -2.49. The maximum Gasteiger partial charge on any atom is 0.227 e. The highest BCUT2D eigenvalue weighted by atomic mass is 16.5.